The maximum Gasteiger partial charge on any atom is 0.155 e. The highest BCUT2D eigenvalue weighted by Gasteiger charge is 2.67. The van der Waals surface area contributed by atoms with E-state index < -0.39 is 5.60 Å². The SMILES string of the molecule is CC(=O)[C@@H]1CC[C@]2(O)[C@H]3CCC4=CC(=O)CC[C@]4(C)[C@@H]3CC[C@]12C. The maximum absolute atomic E-state index is 12.2. The van der Waals surface area contributed by atoms with Gasteiger partial charge < -0.3 is 5.11 Å². The summed E-state index contributed by atoms with van der Waals surface area (Å²) < 4.78 is 0. The molecule has 0 radical (unpaired) electrons. The van der Waals surface area contributed by atoms with Gasteiger partial charge in [0.25, 0.3) is 0 Å². The number of ketones is 2. The topological polar surface area (TPSA) is 54.4 Å². The van der Waals surface area contributed by atoms with Gasteiger partial charge in [-0.2, -0.15) is 0 Å². The Labute approximate surface area is 144 Å². The van der Waals surface area contributed by atoms with E-state index >= 15 is 0 Å². The first kappa shape index (κ1) is 16.5. The number of hydrogen-bond donors (Lipinski definition) is 1. The van der Waals surface area contributed by atoms with Gasteiger partial charge in [0.15, 0.2) is 5.78 Å². The predicted octanol–water partition coefficient (Wildman–Crippen LogP) is 3.84. The molecule has 4 rings (SSSR count). The van der Waals surface area contributed by atoms with Gasteiger partial charge in [0.2, 0.25) is 0 Å². The van der Waals surface area contributed by atoms with E-state index in [-0.39, 0.29) is 34.2 Å². The zero-order chi connectivity index (χ0) is 17.3. The normalized spacial score (nSPS) is 50.6. The fourth-order valence-electron chi connectivity index (χ4n) is 7.18. The third-order valence-corrected chi connectivity index (χ3v) is 8.64. The van der Waals surface area contributed by atoms with Crippen LogP contribution in [0.5, 0.6) is 0 Å². The van der Waals surface area contributed by atoms with E-state index in [0.29, 0.717) is 12.3 Å². The van der Waals surface area contributed by atoms with Crippen molar-refractivity contribution < 1.29 is 14.7 Å². The first-order valence-electron chi connectivity index (χ1n) is 9.69. The van der Waals surface area contributed by atoms with E-state index in [0.717, 1.165) is 44.9 Å². The van der Waals surface area contributed by atoms with Gasteiger partial charge in [0.1, 0.15) is 5.78 Å². The summed E-state index contributed by atoms with van der Waals surface area (Å²) in [6, 6.07) is 0. The first-order chi connectivity index (χ1) is 11.2. The van der Waals surface area contributed by atoms with Crippen LogP contribution in [0.4, 0.5) is 0 Å². The van der Waals surface area contributed by atoms with E-state index in [9.17, 15) is 14.7 Å². The average Bonchev–Trinajstić information content (AvgIpc) is 2.80. The molecule has 3 nitrogen and oxygen atoms in total. The molecule has 0 aromatic carbocycles. The number of Topliss-reactive ketones (excluding diaryl/α,β-unsaturated/α-hetero) is 1. The smallest absolute Gasteiger partial charge is 0.155 e. The van der Waals surface area contributed by atoms with Gasteiger partial charge in [-0.3, -0.25) is 9.59 Å². The number of hydrogen-bond acceptors (Lipinski definition) is 3. The lowest BCUT2D eigenvalue weighted by molar-refractivity contribution is -0.185. The molecule has 0 aromatic heterocycles. The lowest BCUT2D eigenvalue weighted by Crippen LogP contribution is -2.61. The number of rotatable bonds is 1. The predicted molar refractivity (Wildman–Crippen MR) is 92.3 cm³/mol. The summed E-state index contributed by atoms with van der Waals surface area (Å²) >= 11 is 0. The molecule has 0 amide bonds. The first-order valence-corrected chi connectivity index (χ1v) is 9.69. The minimum Gasteiger partial charge on any atom is -0.389 e. The van der Waals surface area contributed by atoms with Crippen molar-refractivity contribution in [2.45, 2.75) is 77.7 Å². The Morgan fingerprint density at radius 2 is 1.83 bits per heavy atom. The Hall–Kier alpha value is -0.960. The highest BCUT2D eigenvalue weighted by Crippen LogP contribution is 2.68. The standard InChI is InChI=1S/C21H30O3/c1-13(22)16-8-11-21(24)18-5-4-14-12-15(23)6-9-19(14,2)17(18)7-10-20(16,21)3/h12,16-18,24H,4-11H2,1-3H3/t16-,17+,18-,19-,20+,21-/m0/s1. The molecule has 6 atom stereocenters. The van der Waals surface area contributed by atoms with Crippen LogP contribution in [0.1, 0.15) is 72.1 Å². The van der Waals surface area contributed by atoms with Crippen LogP contribution in [-0.4, -0.2) is 22.3 Å². The van der Waals surface area contributed by atoms with E-state index in [1.54, 1.807) is 6.92 Å². The van der Waals surface area contributed by atoms with Crippen molar-refractivity contribution in [3.8, 4) is 0 Å². The molecular formula is C21H30O3. The van der Waals surface area contributed by atoms with Crippen LogP contribution in [-0.2, 0) is 9.59 Å². The van der Waals surface area contributed by atoms with Crippen molar-refractivity contribution in [1.29, 1.82) is 0 Å². The Kier molecular flexibility index (Phi) is 3.46. The molecule has 0 spiro atoms. The zero-order valence-electron chi connectivity index (χ0n) is 15.2. The van der Waals surface area contributed by atoms with E-state index in [4.69, 9.17) is 0 Å². The lowest BCUT2D eigenvalue weighted by atomic mass is 9.45. The molecule has 1 N–H and O–H groups in total. The minimum absolute atomic E-state index is 0.0149. The van der Waals surface area contributed by atoms with Gasteiger partial charge in [-0.05, 0) is 75.2 Å². The lowest BCUT2D eigenvalue weighted by Gasteiger charge is -2.61. The quantitative estimate of drug-likeness (QED) is 0.795. The molecule has 4 aliphatic rings. The monoisotopic (exact) mass is 330 g/mol. The van der Waals surface area contributed by atoms with Crippen LogP contribution in [0.2, 0.25) is 0 Å². The zero-order valence-corrected chi connectivity index (χ0v) is 15.2. The van der Waals surface area contributed by atoms with Crippen LogP contribution in [0.15, 0.2) is 11.6 Å². The number of allylic oxidation sites excluding steroid dienone is 1. The van der Waals surface area contributed by atoms with Crippen molar-refractivity contribution in [3.63, 3.8) is 0 Å². The van der Waals surface area contributed by atoms with Crippen molar-refractivity contribution in [2.75, 3.05) is 0 Å². The fourth-order valence-corrected chi connectivity index (χ4v) is 7.18. The van der Waals surface area contributed by atoms with E-state index in [2.05, 4.69) is 13.8 Å². The van der Waals surface area contributed by atoms with Gasteiger partial charge in [-0.1, -0.05) is 19.4 Å². The molecule has 24 heavy (non-hydrogen) atoms. The second-order valence-electron chi connectivity index (χ2n) is 9.39. The van der Waals surface area contributed by atoms with Crippen LogP contribution < -0.4 is 0 Å². The summed E-state index contributed by atoms with van der Waals surface area (Å²) in [6.45, 7) is 6.19. The van der Waals surface area contributed by atoms with Gasteiger partial charge in [-0.25, -0.2) is 0 Å². The largest absolute Gasteiger partial charge is 0.389 e. The highest BCUT2D eigenvalue weighted by atomic mass is 16.3. The number of fused-ring (bicyclic) bond motifs is 5. The Balaban J connectivity index is 1.73. The van der Waals surface area contributed by atoms with Gasteiger partial charge in [0, 0.05) is 17.8 Å². The number of carbonyl (C=O) groups excluding carboxylic acids is 2. The highest BCUT2D eigenvalue weighted by molar-refractivity contribution is 5.91. The van der Waals surface area contributed by atoms with Gasteiger partial charge in [0.05, 0.1) is 5.60 Å². The van der Waals surface area contributed by atoms with Crippen molar-refractivity contribution in [1.82, 2.24) is 0 Å². The fraction of sp³-hybridized carbons (Fsp3) is 0.810. The molecule has 3 heteroatoms. The van der Waals surface area contributed by atoms with Gasteiger partial charge >= 0.3 is 0 Å². The molecule has 3 fully saturated rings. The third kappa shape index (κ3) is 1.88. The summed E-state index contributed by atoms with van der Waals surface area (Å²) in [4.78, 5) is 24.0. The molecule has 0 unspecified atom stereocenters. The van der Waals surface area contributed by atoms with Crippen LogP contribution >= 0.6 is 0 Å². The van der Waals surface area contributed by atoms with E-state index in [1.807, 2.05) is 6.08 Å². The Morgan fingerprint density at radius 1 is 1.08 bits per heavy atom. The van der Waals surface area contributed by atoms with Crippen LogP contribution in [0, 0.1) is 28.6 Å². The molecule has 0 aromatic rings. The molecule has 3 saturated carbocycles. The van der Waals surface area contributed by atoms with Gasteiger partial charge in [-0.15, -0.1) is 0 Å². The molecular weight excluding hydrogens is 300 g/mol. The molecule has 0 saturated heterocycles. The molecule has 4 aliphatic carbocycles. The number of aliphatic hydroxyl groups is 1. The molecule has 0 bridgehead atoms. The van der Waals surface area contributed by atoms with Crippen LogP contribution in [0.25, 0.3) is 0 Å². The third-order valence-electron chi connectivity index (χ3n) is 8.64. The van der Waals surface area contributed by atoms with Crippen molar-refractivity contribution in [2.24, 2.45) is 28.6 Å². The second-order valence-corrected chi connectivity index (χ2v) is 9.39. The Bertz CT molecular complexity index is 635. The summed E-state index contributed by atoms with van der Waals surface area (Å²) in [5.41, 5.74) is 0.431. The molecule has 0 aliphatic heterocycles. The molecule has 0 heterocycles. The average molecular weight is 330 g/mol. The number of carbonyl (C=O) groups is 2. The minimum atomic E-state index is -0.706. The van der Waals surface area contributed by atoms with Crippen LogP contribution in [0.3, 0.4) is 0 Å². The van der Waals surface area contributed by atoms with Crippen molar-refractivity contribution >= 4 is 11.6 Å². The summed E-state index contributed by atoms with van der Waals surface area (Å²) in [7, 11) is 0. The van der Waals surface area contributed by atoms with E-state index in [1.165, 1.54) is 5.57 Å². The summed E-state index contributed by atoms with van der Waals surface area (Å²) in [5.74, 6) is 1.27. The van der Waals surface area contributed by atoms with Crippen molar-refractivity contribution in [3.05, 3.63) is 11.6 Å². The molecule has 132 valence electrons. The summed E-state index contributed by atoms with van der Waals surface area (Å²) in [6.07, 6.45) is 9.01. The Morgan fingerprint density at radius 3 is 2.54 bits per heavy atom. The second kappa shape index (κ2) is 5.03. The summed E-state index contributed by atoms with van der Waals surface area (Å²) in [5, 5.41) is 11.8. The maximum atomic E-state index is 12.2.